The largest absolute Gasteiger partial charge is 0.445 e. The van der Waals surface area contributed by atoms with Crippen LogP contribution in [-0.2, 0) is 16.0 Å². The van der Waals surface area contributed by atoms with Crippen molar-refractivity contribution in [2.45, 2.75) is 18.9 Å². The number of amides is 1. The smallest absolute Gasteiger partial charge is 0.339 e. The molecule has 1 heterocycles. The molecule has 0 fully saturated rings. The Bertz CT molecular complexity index is 759. The number of halogens is 1. The summed E-state index contributed by atoms with van der Waals surface area (Å²) >= 11 is 3.36. The lowest BCUT2D eigenvalue weighted by Crippen LogP contribution is -2.48. The van der Waals surface area contributed by atoms with Crippen molar-refractivity contribution in [2.24, 2.45) is 0 Å². The Morgan fingerprint density at radius 3 is 2.77 bits per heavy atom. The molecule has 1 amide bonds. The van der Waals surface area contributed by atoms with E-state index in [9.17, 15) is 9.59 Å². The van der Waals surface area contributed by atoms with Crippen LogP contribution in [0, 0.1) is 0 Å². The maximum Gasteiger partial charge on any atom is 0.339 e. The lowest BCUT2D eigenvalue weighted by Gasteiger charge is -2.33. The summed E-state index contributed by atoms with van der Waals surface area (Å²) in [7, 11) is 0. The van der Waals surface area contributed by atoms with Gasteiger partial charge in [-0.1, -0.05) is 40.2 Å². The number of hydrogen-bond donors (Lipinski definition) is 1. The van der Waals surface area contributed by atoms with E-state index in [4.69, 9.17) is 4.74 Å². The fraction of sp³-hybridized carbons (Fsp3) is 0.176. The highest BCUT2D eigenvalue weighted by molar-refractivity contribution is 9.10. The van der Waals surface area contributed by atoms with Gasteiger partial charge in [-0.3, -0.25) is 4.79 Å². The van der Waals surface area contributed by atoms with Crippen molar-refractivity contribution in [1.29, 1.82) is 0 Å². The first-order valence-corrected chi connectivity index (χ1v) is 7.65. The molecule has 1 aliphatic heterocycles. The molecular formula is C17H14BrNO3. The molecule has 0 saturated heterocycles. The van der Waals surface area contributed by atoms with Gasteiger partial charge in [-0.2, -0.15) is 0 Å². The molecule has 2 aromatic carbocycles. The quantitative estimate of drug-likeness (QED) is 0.834. The molecular weight excluding hydrogens is 346 g/mol. The number of anilines is 1. The number of carbonyl (C=O) groups excluding carboxylic acids is 2. The Morgan fingerprint density at radius 2 is 2.00 bits per heavy atom. The molecule has 112 valence electrons. The van der Waals surface area contributed by atoms with E-state index in [-0.39, 0.29) is 5.91 Å². The van der Waals surface area contributed by atoms with E-state index in [0.717, 1.165) is 10.0 Å². The van der Waals surface area contributed by atoms with E-state index in [1.54, 1.807) is 31.2 Å². The molecule has 3 rings (SSSR count). The highest BCUT2D eigenvalue weighted by Gasteiger charge is 2.42. The SMILES string of the molecule is C[C@]1(C(=O)Nc2cccc(Br)c2)Cc2ccccc2C(=O)O1. The predicted molar refractivity (Wildman–Crippen MR) is 86.7 cm³/mol. The van der Waals surface area contributed by atoms with E-state index < -0.39 is 11.6 Å². The Labute approximate surface area is 136 Å². The van der Waals surface area contributed by atoms with Gasteiger partial charge in [-0.15, -0.1) is 0 Å². The normalized spacial score (nSPS) is 20.0. The zero-order chi connectivity index (χ0) is 15.7. The van der Waals surface area contributed by atoms with Crippen LogP contribution in [0.3, 0.4) is 0 Å². The van der Waals surface area contributed by atoms with Crippen LogP contribution in [0.15, 0.2) is 53.0 Å². The lowest BCUT2D eigenvalue weighted by atomic mass is 9.89. The molecule has 0 saturated carbocycles. The van der Waals surface area contributed by atoms with Crippen molar-refractivity contribution in [3.63, 3.8) is 0 Å². The number of cyclic esters (lactones) is 1. The first-order chi connectivity index (χ1) is 10.5. The van der Waals surface area contributed by atoms with Gasteiger partial charge in [0.15, 0.2) is 5.60 Å². The number of carbonyl (C=O) groups is 2. The van der Waals surface area contributed by atoms with Crippen molar-refractivity contribution in [2.75, 3.05) is 5.32 Å². The Balaban J connectivity index is 1.85. The van der Waals surface area contributed by atoms with E-state index in [1.165, 1.54) is 0 Å². The topological polar surface area (TPSA) is 55.4 Å². The minimum absolute atomic E-state index is 0.339. The third kappa shape index (κ3) is 2.76. The van der Waals surface area contributed by atoms with Crippen molar-refractivity contribution in [3.8, 4) is 0 Å². The van der Waals surface area contributed by atoms with E-state index in [0.29, 0.717) is 17.7 Å². The zero-order valence-corrected chi connectivity index (χ0v) is 13.5. The number of ether oxygens (including phenoxy) is 1. The van der Waals surface area contributed by atoms with Gasteiger partial charge >= 0.3 is 5.97 Å². The monoisotopic (exact) mass is 359 g/mol. The summed E-state index contributed by atoms with van der Waals surface area (Å²) in [4.78, 5) is 24.7. The molecule has 0 radical (unpaired) electrons. The van der Waals surface area contributed by atoms with Crippen LogP contribution in [0.25, 0.3) is 0 Å². The van der Waals surface area contributed by atoms with Gasteiger partial charge in [0.05, 0.1) is 5.56 Å². The van der Waals surface area contributed by atoms with Crippen LogP contribution in [0.5, 0.6) is 0 Å². The second kappa shape index (κ2) is 5.57. The van der Waals surface area contributed by atoms with E-state index in [1.807, 2.05) is 24.3 Å². The van der Waals surface area contributed by atoms with Crippen LogP contribution in [0.4, 0.5) is 5.69 Å². The fourth-order valence-corrected chi connectivity index (χ4v) is 2.89. The predicted octanol–water partition coefficient (Wildman–Crippen LogP) is 3.56. The summed E-state index contributed by atoms with van der Waals surface area (Å²) in [5, 5.41) is 2.80. The molecule has 2 aromatic rings. The Hall–Kier alpha value is -2.14. The number of rotatable bonds is 2. The fourth-order valence-electron chi connectivity index (χ4n) is 2.49. The minimum Gasteiger partial charge on any atom is -0.445 e. The van der Waals surface area contributed by atoms with Gasteiger partial charge in [-0.05, 0) is 36.8 Å². The highest BCUT2D eigenvalue weighted by atomic mass is 79.9. The van der Waals surface area contributed by atoms with Crippen molar-refractivity contribution in [1.82, 2.24) is 0 Å². The average Bonchev–Trinajstić information content (AvgIpc) is 2.47. The number of nitrogens with one attached hydrogen (secondary N) is 1. The van der Waals surface area contributed by atoms with Crippen molar-refractivity contribution in [3.05, 3.63) is 64.1 Å². The molecule has 0 aromatic heterocycles. The minimum atomic E-state index is -1.21. The summed E-state index contributed by atoms with van der Waals surface area (Å²) in [6.07, 6.45) is 0.356. The molecule has 1 aliphatic rings. The van der Waals surface area contributed by atoms with Gasteiger partial charge in [-0.25, -0.2) is 4.79 Å². The molecule has 0 bridgehead atoms. The number of esters is 1. The third-order valence-corrected chi connectivity index (χ3v) is 4.14. The van der Waals surface area contributed by atoms with Crippen LogP contribution >= 0.6 is 15.9 Å². The molecule has 5 heteroatoms. The van der Waals surface area contributed by atoms with Crippen molar-refractivity contribution >= 4 is 33.5 Å². The Morgan fingerprint density at radius 1 is 1.23 bits per heavy atom. The second-order valence-corrected chi connectivity index (χ2v) is 6.33. The van der Waals surface area contributed by atoms with Crippen molar-refractivity contribution < 1.29 is 14.3 Å². The van der Waals surface area contributed by atoms with Gasteiger partial charge in [0.25, 0.3) is 5.91 Å². The maximum atomic E-state index is 12.6. The number of hydrogen-bond acceptors (Lipinski definition) is 3. The van der Waals surface area contributed by atoms with E-state index in [2.05, 4.69) is 21.2 Å². The molecule has 22 heavy (non-hydrogen) atoms. The second-order valence-electron chi connectivity index (χ2n) is 5.42. The molecule has 0 spiro atoms. The zero-order valence-electron chi connectivity index (χ0n) is 11.9. The highest BCUT2D eigenvalue weighted by Crippen LogP contribution is 2.29. The average molecular weight is 360 g/mol. The summed E-state index contributed by atoms with van der Waals surface area (Å²) in [6, 6.07) is 14.5. The molecule has 1 N–H and O–H groups in total. The molecule has 4 nitrogen and oxygen atoms in total. The first kappa shape index (κ1) is 14.8. The van der Waals surface area contributed by atoms with Gasteiger partial charge in [0.1, 0.15) is 0 Å². The van der Waals surface area contributed by atoms with Gasteiger partial charge in [0.2, 0.25) is 0 Å². The van der Waals surface area contributed by atoms with Gasteiger partial charge in [0, 0.05) is 16.6 Å². The lowest BCUT2D eigenvalue weighted by molar-refractivity contribution is -0.134. The van der Waals surface area contributed by atoms with Crippen LogP contribution in [0.1, 0.15) is 22.8 Å². The van der Waals surface area contributed by atoms with E-state index >= 15 is 0 Å². The van der Waals surface area contributed by atoms with Crippen LogP contribution in [0.2, 0.25) is 0 Å². The molecule has 0 aliphatic carbocycles. The number of benzene rings is 2. The van der Waals surface area contributed by atoms with Crippen LogP contribution < -0.4 is 5.32 Å². The molecule has 1 atom stereocenters. The molecule has 0 unspecified atom stereocenters. The summed E-state index contributed by atoms with van der Waals surface area (Å²) in [6.45, 7) is 1.63. The standard InChI is InChI=1S/C17H14BrNO3/c1-17(16(21)19-13-7-4-6-12(18)9-13)10-11-5-2-3-8-14(11)15(20)22-17/h2-9H,10H2,1H3,(H,19,21)/t17-/m1/s1. The number of fused-ring (bicyclic) bond motifs is 1. The summed E-state index contributed by atoms with van der Waals surface area (Å²) < 4.78 is 6.26. The summed E-state index contributed by atoms with van der Waals surface area (Å²) in [5.41, 5.74) is 0.782. The maximum absolute atomic E-state index is 12.6. The van der Waals surface area contributed by atoms with Gasteiger partial charge < -0.3 is 10.1 Å². The third-order valence-electron chi connectivity index (χ3n) is 3.65. The van der Waals surface area contributed by atoms with Crippen LogP contribution in [-0.4, -0.2) is 17.5 Å². The summed E-state index contributed by atoms with van der Waals surface area (Å²) in [5.74, 6) is -0.804. The first-order valence-electron chi connectivity index (χ1n) is 6.86. The Kier molecular flexibility index (Phi) is 3.74.